The van der Waals surface area contributed by atoms with Crippen molar-refractivity contribution in [3.8, 4) is 0 Å². The van der Waals surface area contributed by atoms with Gasteiger partial charge in [0.25, 0.3) is 0 Å². The minimum Gasteiger partial charge on any atom is -0.466 e. The van der Waals surface area contributed by atoms with Crippen LogP contribution in [0.25, 0.3) is 0 Å². The van der Waals surface area contributed by atoms with Crippen LogP contribution in [0.15, 0.2) is 0 Å². The van der Waals surface area contributed by atoms with Gasteiger partial charge < -0.3 is 15.2 Å². The topological polar surface area (TPSA) is 58.6 Å². The molecule has 1 atom stereocenters. The van der Waals surface area contributed by atoms with Gasteiger partial charge in [0.05, 0.1) is 19.6 Å². The fraction of sp³-hybridized carbons (Fsp3) is 0.909. The monoisotopic (exact) mass is 217 g/mol. The number of hydrogen-bond acceptors (Lipinski definition) is 4. The van der Waals surface area contributed by atoms with Gasteiger partial charge in [0.15, 0.2) is 0 Å². The molecule has 0 aliphatic carbocycles. The highest BCUT2D eigenvalue weighted by molar-refractivity contribution is 5.69. The van der Waals surface area contributed by atoms with E-state index in [2.05, 4.69) is 19.2 Å². The van der Waals surface area contributed by atoms with E-state index in [0.717, 1.165) is 6.42 Å². The fourth-order valence-electron chi connectivity index (χ4n) is 1.40. The minimum absolute atomic E-state index is 0.0828. The minimum atomic E-state index is -0.189. The molecular weight excluding hydrogens is 194 g/mol. The molecule has 15 heavy (non-hydrogen) atoms. The van der Waals surface area contributed by atoms with E-state index < -0.39 is 0 Å². The molecule has 2 N–H and O–H groups in total. The smallest absolute Gasteiger partial charge is 0.307 e. The summed E-state index contributed by atoms with van der Waals surface area (Å²) < 4.78 is 4.80. The van der Waals surface area contributed by atoms with Crippen molar-refractivity contribution in [2.75, 3.05) is 19.8 Å². The Morgan fingerprint density at radius 2 is 2.13 bits per heavy atom. The van der Waals surface area contributed by atoms with Gasteiger partial charge in [-0.2, -0.15) is 0 Å². The highest BCUT2D eigenvalue weighted by atomic mass is 16.5. The zero-order valence-corrected chi connectivity index (χ0v) is 9.95. The molecule has 0 aromatic heterocycles. The number of carbonyl (C=O) groups excluding carboxylic acids is 1. The predicted octanol–water partition coefficient (Wildman–Crippen LogP) is 0.936. The number of aliphatic hydroxyl groups is 1. The zero-order chi connectivity index (χ0) is 11.7. The van der Waals surface area contributed by atoms with Crippen LogP contribution in [-0.2, 0) is 9.53 Å². The Balaban J connectivity index is 3.58. The van der Waals surface area contributed by atoms with Crippen LogP contribution in [0.5, 0.6) is 0 Å². The molecule has 0 aliphatic rings. The van der Waals surface area contributed by atoms with Crippen LogP contribution in [0, 0.1) is 5.92 Å². The second-order valence-corrected chi connectivity index (χ2v) is 4.02. The molecule has 4 nitrogen and oxygen atoms in total. The third-order valence-corrected chi connectivity index (χ3v) is 2.04. The van der Waals surface area contributed by atoms with Crippen molar-refractivity contribution < 1.29 is 14.6 Å². The van der Waals surface area contributed by atoms with Gasteiger partial charge in [0.1, 0.15) is 0 Å². The van der Waals surface area contributed by atoms with Gasteiger partial charge in [-0.1, -0.05) is 13.8 Å². The molecule has 4 heteroatoms. The second-order valence-electron chi connectivity index (χ2n) is 4.02. The summed E-state index contributed by atoms with van der Waals surface area (Å²) in [5, 5.41) is 12.2. The van der Waals surface area contributed by atoms with Crippen LogP contribution in [-0.4, -0.2) is 36.9 Å². The van der Waals surface area contributed by atoms with E-state index in [9.17, 15) is 4.79 Å². The van der Waals surface area contributed by atoms with Crippen molar-refractivity contribution in [3.63, 3.8) is 0 Å². The molecule has 0 heterocycles. The van der Waals surface area contributed by atoms with Gasteiger partial charge >= 0.3 is 5.97 Å². The molecule has 90 valence electrons. The first-order valence-electron chi connectivity index (χ1n) is 5.60. The van der Waals surface area contributed by atoms with E-state index in [4.69, 9.17) is 9.84 Å². The first-order chi connectivity index (χ1) is 7.10. The molecule has 0 aliphatic heterocycles. The molecular formula is C11H23NO3. The molecule has 0 spiro atoms. The molecule has 0 radical (unpaired) electrons. The van der Waals surface area contributed by atoms with Crippen LogP contribution < -0.4 is 5.32 Å². The maximum absolute atomic E-state index is 11.0. The summed E-state index contributed by atoms with van der Waals surface area (Å²) >= 11 is 0. The van der Waals surface area contributed by atoms with E-state index >= 15 is 0 Å². The van der Waals surface area contributed by atoms with Crippen LogP contribution in [0.1, 0.15) is 33.6 Å². The van der Waals surface area contributed by atoms with E-state index in [1.54, 1.807) is 6.92 Å². The number of ether oxygens (including phenoxy) is 1. The van der Waals surface area contributed by atoms with Crippen molar-refractivity contribution in [2.45, 2.75) is 39.7 Å². The third-order valence-electron chi connectivity index (χ3n) is 2.04. The summed E-state index contributed by atoms with van der Waals surface area (Å²) in [5.74, 6) is 0.350. The molecule has 0 saturated heterocycles. The van der Waals surface area contributed by atoms with Gasteiger partial charge in [-0.25, -0.2) is 0 Å². The molecule has 0 rings (SSSR count). The van der Waals surface area contributed by atoms with Crippen molar-refractivity contribution in [3.05, 3.63) is 0 Å². The number of nitrogens with one attached hydrogen (secondary N) is 1. The van der Waals surface area contributed by atoms with Gasteiger partial charge in [-0.15, -0.1) is 0 Å². The summed E-state index contributed by atoms with van der Waals surface area (Å²) in [6.07, 6.45) is 1.28. The summed E-state index contributed by atoms with van der Waals surface area (Å²) in [6.45, 7) is 7.11. The third kappa shape index (κ3) is 8.39. The van der Waals surface area contributed by atoms with E-state index in [-0.39, 0.29) is 18.6 Å². The van der Waals surface area contributed by atoms with Crippen molar-refractivity contribution in [1.29, 1.82) is 0 Å². The van der Waals surface area contributed by atoms with Gasteiger partial charge in [0.2, 0.25) is 0 Å². The van der Waals surface area contributed by atoms with E-state index in [0.29, 0.717) is 25.5 Å². The fourth-order valence-corrected chi connectivity index (χ4v) is 1.40. The SMILES string of the molecule is CCOC(=O)CCNC(CO)CC(C)C. The quantitative estimate of drug-likeness (QED) is 0.594. The predicted molar refractivity (Wildman–Crippen MR) is 59.6 cm³/mol. The summed E-state index contributed by atoms with van der Waals surface area (Å²) in [6, 6.07) is 0.0828. The number of esters is 1. The van der Waals surface area contributed by atoms with Crippen LogP contribution in [0.3, 0.4) is 0 Å². The van der Waals surface area contributed by atoms with Gasteiger partial charge in [0, 0.05) is 12.6 Å². The first kappa shape index (κ1) is 14.4. The highest BCUT2D eigenvalue weighted by Crippen LogP contribution is 2.03. The van der Waals surface area contributed by atoms with E-state index in [1.807, 2.05) is 0 Å². The lowest BCUT2D eigenvalue weighted by Crippen LogP contribution is -2.35. The van der Waals surface area contributed by atoms with E-state index in [1.165, 1.54) is 0 Å². The Morgan fingerprint density at radius 1 is 1.47 bits per heavy atom. The summed E-state index contributed by atoms with van der Waals surface area (Å²) in [4.78, 5) is 11.0. The zero-order valence-electron chi connectivity index (χ0n) is 9.95. The average molecular weight is 217 g/mol. The number of aliphatic hydroxyl groups excluding tert-OH is 1. The first-order valence-corrected chi connectivity index (χ1v) is 5.60. The standard InChI is InChI=1S/C11H23NO3/c1-4-15-11(14)5-6-12-10(8-13)7-9(2)3/h9-10,12-13H,4-8H2,1-3H3. The maximum Gasteiger partial charge on any atom is 0.307 e. The van der Waals surface area contributed by atoms with Gasteiger partial charge in [-0.3, -0.25) is 4.79 Å². The number of rotatable bonds is 8. The summed E-state index contributed by atoms with van der Waals surface area (Å²) in [5.41, 5.74) is 0. The Kier molecular flexibility index (Phi) is 8.33. The second kappa shape index (κ2) is 8.68. The Labute approximate surface area is 92.0 Å². The lowest BCUT2D eigenvalue weighted by Gasteiger charge is -2.17. The summed E-state index contributed by atoms with van der Waals surface area (Å²) in [7, 11) is 0. The lowest BCUT2D eigenvalue weighted by molar-refractivity contribution is -0.143. The molecule has 0 bridgehead atoms. The van der Waals surface area contributed by atoms with Gasteiger partial charge in [-0.05, 0) is 19.3 Å². The Hall–Kier alpha value is -0.610. The largest absolute Gasteiger partial charge is 0.466 e. The molecule has 0 aromatic carbocycles. The van der Waals surface area contributed by atoms with Crippen molar-refractivity contribution in [1.82, 2.24) is 5.32 Å². The molecule has 0 fully saturated rings. The van der Waals surface area contributed by atoms with Crippen molar-refractivity contribution in [2.24, 2.45) is 5.92 Å². The Morgan fingerprint density at radius 3 is 2.60 bits per heavy atom. The number of hydrogen-bond donors (Lipinski definition) is 2. The average Bonchev–Trinajstić information content (AvgIpc) is 2.16. The highest BCUT2D eigenvalue weighted by Gasteiger charge is 2.09. The van der Waals surface area contributed by atoms with Crippen LogP contribution in [0.4, 0.5) is 0 Å². The number of carbonyl (C=O) groups is 1. The normalized spacial score (nSPS) is 12.9. The maximum atomic E-state index is 11.0. The van der Waals surface area contributed by atoms with Crippen LogP contribution >= 0.6 is 0 Å². The van der Waals surface area contributed by atoms with Crippen molar-refractivity contribution >= 4 is 5.97 Å². The molecule has 0 amide bonds. The molecule has 0 saturated carbocycles. The van der Waals surface area contributed by atoms with Crippen LogP contribution in [0.2, 0.25) is 0 Å². The molecule has 0 aromatic rings. The Bertz CT molecular complexity index is 171. The lowest BCUT2D eigenvalue weighted by atomic mass is 10.0. The molecule has 1 unspecified atom stereocenters.